The third-order valence-corrected chi connectivity index (χ3v) is 6.69. The Morgan fingerprint density at radius 1 is 1.23 bits per heavy atom. The zero-order valence-electron chi connectivity index (χ0n) is 15.8. The van der Waals surface area contributed by atoms with E-state index in [2.05, 4.69) is 15.6 Å². The van der Waals surface area contributed by atoms with Crippen molar-refractivity contribution >= 4 is 23.2 Å². The van der Waals surface area contributed by atoms with E-state index in [1.807, 2.05) is 6.92 Å². The van der Waals surface area contributed by atoms with Crippen molar-refractivity contribution < 1.29 is 9.59 Å². The van der Waals surface area contributed by atoms with Crippen LogP contribution in [0.1, 0.15) is 74.9 Å². The lowest BCUT2D eigenvalue weighted by atomic mass is 9.87. The Balaban J connectivity index is 1.52. The lowest BCUT2D eigenvalue weighted by Gasteiger charge is -2.35. The number of nitrogens with one attached hydrogen (secondary N) is 1. The molecule has 144 valence electrons. The first-order chi connectivity index (χ1) is 12.7. The van der Waals surface area contributed by atoms with Crippen LogP contribution < -0.4 is 5.32 Å². The largest absolute Gasteiger partial charge is 0.356 e. The van der Waals surface area contributed by atoms with Crippen LogP contribution in [0.25, 0.3) is 0 Å². The van der Waals surface area contributed by atoms with Crippen molar-refractivity contribution in [3.63, 3.8) is 0 Å². The van der Waals surface area contributed by atoms with Gasteiger partial charge in [-0.05, 0) is 25.7 Å². The topological polar surface area (TPSA) is 62.3 Å². The second-order valence-corrected chi connectivity index (χ2v) is 8.48. The highest BCUT2D eigenvalue weighted by Gasteiger charge is 2.31. The molecule has 1 unspecified atom stereocenters. The smallest absolute Gasteiger partial charge is 0.225 e. The van der Waals surface area contributed by atoms with Gasteiger partial charge in [-0.1, -0.05) is 26.2 Å². The number of carbonyl (C=O) groups excluding carboxylic acids is 2. The molecule has 0 aromatic carbocycles. The number of hydrogen-bond acceptors (Lipinski definition) is 4. The number of thiazole rings is 1. The summed E-state index contributed by atoms with van der Waals surface area (Å²) in [5.41, 5.74) is 1.05. The first-order valence-corrected chi connectivity index (χ1v) is 11.0. The van der Waals surface area contributed by atoms with Crippen LogP contribution in [0.15, 0.2) is 5.38 Å². The number of hydrogen-bond donors (Lipinski definition) is 1. The molecule has 1 aromatic rings. The summed E-state index contributed by atoms with van der Waals surface area (Å²) in [7, 11) is 0. The van der Waals surface area contributed by atoms with Crippen molar-refractivity contribution in [1.29, 1.82) is 0 Å². The van der Waals surface area contributed by atoms with E-state index in [0.29, 0.717) is 24.8 Å². The van der Waals surface area contributed by atoms with Crippen molar-refractivity contribution in [3.05, 3.63) is 16.1 Å². The lowest BCUT2D eigenvalue weighted by Crippen LogP contribution is -2.42. The number of nitrogens with zero attached hydrogens (tertiary/aromatic N) is 2. The highest BCUT2D eigenvalue weighted by atomic mass is 32.1. The highest BCUT2D eigenvalue weighted by Crippen LogP contribution is 2.32. The van der Waals surface area contributed by atoms with Gasteiger partial charge in [0.25, 0.3) is 0 Å². The van der Waals surface area contributed by atoms with E-state index in [0.717, 1.165) is 55.9 Å². The number of carbonyl (C=O) groups is 2. The maximum absolute atomic E-state index is 12.8. The van der Waals surface area contributed by atoms with Crippen LogP contribution in [0.4, 0.5) is 0 Å². The predicted molar refractivity (Wildman–Crippen MR) is 104 cm³/mol. The molecule has 1 saturated heterocycles. The molecule has 5 nitrogen and oxygen atoms in total. The Hall–Kier alpha value is -1.43. The Morgan fingerprint density at radius 3 is 2.81 bits per heavy atom. The van der Waals surface area contributed by atoms with Gasteiger partial charge in [0.1, 0.15) is 0 Å². The van der Waals surface area contributed by atoms with Gasteiger partial charge < -0.3 is 10.2 Å². The third kappa shape index (κ3) is 5.06. The van der Waals surface area contributed by atoms with E-state index >= 15 is 0 Å². The minimum atomic E-state index is 0.0876. The molecule has 26 heavy (non-hydrogen) atoms. The van der Waals surface area contributed by atoms with Crippen molar-refractivity contribution in [2.45, 2.75) is 70.6 Å². The van der Waals surface area contributed by atoms with Gasteiger partial charge >= 0.3 is 0 Å². The van der Waals surface area contributed by atoms with E-state index in [9.17, 15) is 9.59 Å². The van der Waals surface area contributed by atoms with Gasteiger partial charge in [0.05, 0.1) is 10.7 Å². The zero-order chi connectivity index (χ0) is 18.4. The van der Waals surface area contributed by atoms with E-state index in [-0.39, 0.29) is 11.8 Å². The molecular weight excluding hydrogens is 346 g/mol. The Labute approximate surface area is 160 Å². The molecule has 2 amide bonds. The van der Waals surface area contributed by atoms with Gasteiger partial charge in [-0.15, -0.1) is 11.3 Å². The monoisotopic (exact) mass is 377 g/mol. The van der Waals surface area contributed by atoms with Crippen molar-refractivity contribution in [2.24, 2.45) is 5.92 Å². The van der Waals surface area contributed by atoms with Gasteiger partial charge in [0.2, 0.25) is 11.8 Å². The van der Waals surface area contributed by atoms with Crippen LogP contribution in [0, 0.1) is 5.92 Å². The number of rotatable bonds is 6. The summed E-state index contributed by atoms with van der Waals surface area (Å²) >= 11 is 1.71. The quantitative estimate of drug-likeness (QED) is 0.825. The van der Waals surface area contributed by atoms with Crippen LogP contribution in [-0.2, 0) is 16.0 Å². The molecule has 2 aliphatic rings. The number of likely N-dealkylation sites (tertiary alicyclic amines) is 1. The maximum atomic E-state index is 12.8. The normalized spacial score (nSPS) is 21.6. The fourth-order valence-corrected chi connectivity index (χ4v) is 5.05. The van der Waals surface area contributed by atoms with Crippen LogP contribution in [0.2, 0.25) is 0 Å². The standard InChI is InChI=1S/C20H31N3O2S/c1-2-18(24)21-11-10-17-14-26-19(22-17)16-9-6-12-23(13-16)20(25)15-7-4-3-5-8-15/h14-16H,2-13H2,1H3,(H,21,24). The maximum Gasteiger partial charge on any atom is 0.225 e. The molecule has 0 spiro atoms. The molecule has 2 heterocycles. The summed E-state index contributed by atoms with van der Waals surface area (Å²) in [5.74, 6) is 1.11. The van der Waals surface area contributed by atoms with Crippen molar-refractivity contribution in [1.82, 2.24) is 15.2 Å². The zero-order valence-corrected chi connectivity index (χ0v) is 16.7. The average Bonchev–Trinajstić information content (AvgIpc) is 3.17. The minimum Gasteiger partial charge on any atom is -0.356 e. The fraction of sp³-hybridized carbons (Fsp3) is 0.750. The summed E-state index contributed by atoms with van der Waals surface area (Å²) in [6.07, 6.45) is 9.34. The van der Waals surface area contributed by atoms with Gasteiger partial charge in [0, 0.05) is 49.7 Å². The molecule has 1 N–H and O–H groups in total. The van der Waals surface area contributed by atoms with Gasteiger partial charge in [-0.3, -0.25) is 9.59 Å². The van der Waals surface area contributed by atoms with Crippen molar-refractivity contribution in [3.8, 4) is 0 Å². The molecule has 1 saturated carbocycles. The number of aromatic nitrogens is 1. The molecule has 1 aromatic heterocycles. The van der Waals surface area contributed by atoms with E-state index in [1.54, 1.807) is 11.3 Å². The molecule has 1 aliphatic carbocycles. The second-order valence-electron chi connectivity index (χ2n) is 7.59. The SMILES string of the molecule is CCC(=O)NCCc1csc(C2CCCN(C(=O)C3CCCCC3)C2)n1. The second kappa shape index (κ2) is 9.49. The first kappa shape index (κ1) is 19.3. The predicted octanol–water partition coefficient (Wildman–Crippen LogP) is 3.50. The Bertz CT molecular complexity index is 610. The third-order valence-electron chi connectivity index (χ3n) is 5.63. The van der Waals surface area contributed by atoms with Crippen molar-refractivity contribution in [2.75, 3.05) is 19.6 Å². The minimum absolute atomic E-state index is 0.0876. The summed E-state index contributed by atoms with van der Waals surface area (Å²) in [4.78, 5) is 31.1. The van der Waals surface area contributed by atoms with E-state index in [4.69, 9.17) is 4.98 Å². The molecule has 0 bridgehead atoms. The average molecular weight is 378 g/mol. The molecule has 0 radical (unpaired) electrons. The summed E-state index contributed by atoms with van der Waals surface area (Å²) in [6.45, 7) is 4.24. The van der Waals surface area contributed by atoms with Gasteiger partial charge in [-0.25, -0.2) is 4.98 Å². The van der Waals surface area contributed by atoms with Crippen LogP contribution >= 0.6 is 11.3 Å². The van der Waals surface area contributed by atoms with Crippen LogP contribution in [-0.4, -0.2) is 41.3 Å². The lowest BCUT2D eigenvalue weighted by molar-refractivity contribution is -0.137. The molecule has 2 fully saturated rings. The Morgan fingerprint density at radius 2 is 2.04 bits per heavy atom. The molecule has 1 aliphatic heterocycles. The molecule has 3 rings (SSSR count). The highest BCUT2D eigenvalue weighted by molar-refractivity contribution is 7.09. The molecular formula is C20H31N3O2S. The first-order valence-electron chi connectivity index (χ1n) is 10.2. The van der Waals surface area contributed by atoms with E-state index < -0.39 is 0 Å². The van der Waals surface area contributed by atoms with Gasteiger partial charge in [-0.2, -0.15) is 0 Å². The Kier molecular flexibility index (Phi) is 7.06. The van der Waals surface area contributed by atoms with E-state index in [1.165, 1.54) is 19.3 Å². The summed E-state index contributed by atoms with van der Waals surface area (Å²) in [6, 6.07) is 0. The molecule has 6 heteroatoms. The van der Waals surface area contributed by atoms with Crippen LogP contribution in [0.3, 0.4) is 0 Å². The summed E-state index contributed by atoms with van der Waals surface area (Å²) < 4.78 is 0. The van der Waals surface area contributed by atoms with Gasteiger partial charge in [0.15, 0.2) is 0 Å². The van der Waals surface area contributed by atoms with Crippen LogP contribution in [0.5, 0.6) is 0 Å². The number of amides is 2. The molecule has 1 atom stereocenters. The number of piperidine rings is 1. The summed E-state index contributed by atoms with van der Waals surface area (Å²) in [5, 5.41) is 6.16. The fourth-order valence-electron chi connectivity index (χ4n) is 4.07.